The molecule has 3 unspecified atom stereocenters. The van der Waals surface area contributed by atoms with E-state index in [1.54, 1.807) is 0 Å². The van der Waals surface area contributed by atoms with Crippen LogP contribution in [-0.2, 0) is 14.3 Å². The molecule has 4 heteroatoms. The number of hydrogen-bond acceptors (Lipinski definition) is 3. The van der Waals surface area contributed by atoms with Gasteiger partial charge in [0.1, 0.15) is 0 Å². The molecule has 3 atom stereocenters. The highest BCUT2D eigenvalue weighted by atomic mass is 16.5. The zero-order valence-electron chi connectivity index (χ0n) is 20.4. The topological polar surface area (TPSA) is 63.6 Å². The third kappa shape index (κ3) is 15.7. The van der Waals surface area contributed by atoms with Crippen LogP contribution >= 0.6 is 0 Å². The lowest BCUT2D eigenvalue weighted by molar-refractivity contribution is -0.148. The van der Waals surface area contributed by atoms with E-state index < -0.39 is 5.97 Å². The molecule has 0 heterocycles. The maximum Gasteiger partial charge on any atom is 0.306 e. The van der Waals surface area contributed by atoms with Crippen LogP contribution < -0.4 is 0 Å². The van der Waals surface area contributed by atoms with Crippen molar-refractivity contribution in [2.24, 2.45) is 11.8 Å². The van der Waals surface area contributed by atoms with Gasteiger partial charge >= 0.3 is 11.9 Å². The van der Waals surface area contributed by atoms with Crippen LogP contribution in [0, 0.1) is 11.8 Å². The van der Waals surface area contributed by atoms with Gasteiger partial charge in [0.05, 0.1) is 12.0 Å². The Kier molecular flexibility index (Phi) is 19.2. The van der Waals surface area contributed by atoms with Crippen molar-refractivity contribution < 1.29 is 19.4 Å². The van der Waals surface area contributed by atoms with Gasteiger partial charge in [-0.25, -0.2) is 0 Å². The first kappa shape index (κ1) is 28.9. The first-order valence-electron chi connectivity index (χ1n) is 12.9. The van der Waals surface area contributed by atoms with Gasteiger partial charge in [0.25, 0.3) is 0 Å². The van der Waals surface area contributed by atoms with E-state index in [0.717, 1.165) is 70.6 Å². The number of rotatable bonds is 21. The van der Waals surface area contributed by atoms with Crippen molar-refractivity contribution in [2.45, 2.75) is 143 Å². The Bertz CT molecular complexity index is 421. The number of unbranched alkanes of at least 4 members (excludes halogenated alkanes) is 9. The first-order chi connectivity index (χ1) is 14.5. The minimum atomic E-state index is -0.617. The summed E-state index contributed by atoms with van der Waals surface area (Å²) in [6.07, 6.45) is 17.6. The molecule has 0 saturated heterocycles. The van der Waals surface area contributed by atoms with Crippen LogP contribution in [0.4, 0.5) is 0 Å². The number of carboxylic acids is 1. The Morgan fingerprint density at radius 3 is 1.87 bits per heavy atom. The average molecular weight is 427 g/mol. The SMILES string of the molecule is CCCCCCCC(=O)OC(C)CCCCCCC(C(=O)O)C(CC)CCCCC. The highest BCUT2D eigenvalue weighted by Gasteiger charge is 2.25. The second kappa shape index (κ2) is 19.9. The van der Waals surface area contributed by atoms with E-state index in [0.29, 0.717) is 12.3 Å². The summed E-state index contributed by atoms with van der Waals surface area (Å²) in [5.74, 6) is -0.551. The van der Waals surface area contributed by atoms with Gasteiger partial charge in [-0.15, -0.1) is 0 Å². The fraction of sp³-hybridized carbons (Fsp3) is 0.923. The number of ether oxygens (including phenoxy) is 1. The van der Waals surface area contributed by atoms with Crippen LogP contribution in [0.1, 0.15) is 137 Å². The zero-order valence-corrected chi connectivity index (χ0v) is 20.4. The van der Waals surface area contributed by atoms with Crippen molar-refractivity contribution in [3.8, 4) is 0 Å². The van der Waals surface area contributed by atoms with Crippen LogP contribution in [0.2, 0.25) is 0 Å². The molecule has 0 saturated carbocycles. The summed E-state index contributed by atoms with van der Waals surface area (Å²) in [5, 5.41) is 9.65. The highest BCUT2D eigenvalue weighted by molar-refractivity contribution is 5.70. The number of hydrogen-bond donors (Lipinski definition) is 1. The smallest absolute Gasteiger partial charge is 0.306 e. The Balaban J connectivity index is 3.90. The standard InChI is InChI=1S/C26H50O4/c1-5-8-10-11-17-21-25(27)30-22(4)18-15-12-13-16-20-24(26(28)29)23(7-3)19-14-9-6-2/h22-24H,5-21H2,1-4H3,(H,28,29). The summed E-state index contributed by atoms with van der Waals surface area (Å²) in [4.78, 5) is 23.6. The molecule has 0 aliphatic rings. The Morgan fingerprint density at radius 1 is 0.733 bits per heavy atom. The summed E-state index contributed by atoms with van der Waals surface area (Å²) >= 11 is 0. The molecule has 0 fully saturated rings. The maximum absolute atomic E-state index is 11.9. The monoisotopic (exact) mass is 426 g/mol. The van der Waals surface area contributed by atoms with Gasteiger partial charge in [-0.3, -0.25) is 9.59 Å². The second-order valence-corrected chi connectivity index (χ2v) is 9.07. The molecule has 0 aromatic heterocycles. The predicted octanol–water partition coefficient (Wildman–Crippen LogP) is 7.93. The Morgan fingerprint density at radius 2 is 1.27 bits per heavy atom. The fourth-order valence-electron chi connectivity index (χ4n) is 4.27. The number of esters is 1. The van der Waals surface area contributed by atoms with Crippen LogP contribution in [0.3, 0.4) is 0 Å². The van der Waals surface area contributed by atoms with Crippen LogP contribution in [0.5, 0.6) is 0 Å². The lowest BCUT2D eigenvalue weighted by atomic mass is 9.82. The van der Waals surface area contributed by atoms with Crippen LogP contribution in [0.25, 0.3) is 0 Å². The van der Waals surface area contributed by atoms with E-state index in [-0.39, 0.29) is 18.0 Å². The van der Waals surface area contributed by atoms with E-state index in [4.69, 9.17) is 4.74 Å². The van der Waals surface area contributed by atoms with Crippen molar-refractivity contribution in [1.29, 1.82) is 0 Å². The minimum Gasteiger partial charge on any atom is -0.481 e. The molecular formula is C26H50O4. The van der Waals surface area contributed by atoms with Gasteiger partial charge in [-0.2, -0.15) is 0 Å². The minimum absolute atomic E-state index is 0.0112. The molecule has 1 N–H and O–H groups in total. The molecule has 0 amide bonds. The number of carboxylic acid groups (broad SMARTS) is 1. The van der Waals surface area contributed by atoms with E-state index in [9.17, 15) is 14.7 Å². The highest BCUT2D eigenvalue weighted by Crippen LogP contribution is 2.28. The van der Waals surface area contributed by atoms with Gasteiger partial charge in [-0.1, -0.05) is 91.4 Å². The van der Waals surface area contributed by atoms with E-state index in [2.05, 4.69) is 20.8 Å². The fourth-order valence-corrected chi connectivity index (χ4v) is 4.27. The molecule has 0 spiro atoms. The van der Waals surface area contributed by atoms with Gasteiger partial charge in [0.2, 0.25) is 0 Å². The molecule has 0 aromatic rings. The summed E-state index contributed by atoms with van der Waals surface area (Å²) in [6.45, 7) is 8.49. The molecule has 0 aliphatic heterocycles. The third-order valence-electron chi connectivity index (χ3n) is 6.28. The molecule has 178 valence electrons. The normalized spacial score (nSPS) is 14.3. The van der Waals surface area contributed by atoms with Gasteiger partial charge < -0.3 is 9.84 Å². The third-order valence-corrected chi connectivity index (χ3v) is 6.28. The van der Waals surface area contributed by atoms with Crippen molar-refractivity contribution in [3.05, 3.63) is 0 Å². The quantitative estimate of drug-likeness (QED) is 0.149. The average Bonchev–Trinajstić information content (AvgIpc) is 2.71. The van der Waals surface area contributed by atoms with Crippen molar-refractivity contribution >= 4 is 11.9 Å². The molecular weight excluding hydrogens is 376 g/mol. The Hall–Kier alpha value is -1.06. The van der Waals surface area contributed by atoms with Crippen molar-refractivity contribution in [1.82, 2.24) is 0 Å². The molecule has 0 radical (unpaired) electrons. The summed E-state index contributed by atoms with van der Waals surface area (Å²) in [6, 6.07) is 0. The number of carbonyl (C=O) groups excluding carboxylic acids is 1. The molecule has 0 aliphatic carbocycles. The van der Waals surface area contributed by atoms with Crippen LogP contribution in [0.15, 0.2) is 0 Å². The zero-order chi connectivity index (χ0) is 22.6. The lowest BCUT2D eigenvalue weighted by Crippen LogP contribution is -2.23. The second-order valence-electron chi connectivity index (χ2n) is 9.07. The Labute approximate surface area is 186 Å². The van der Waals surface area contributed by atoms with E-state index in [1.807, 2.05) is 6.92 Å². The molecule has 30 heavy (non-hydrogen) atoms. The van der Waals surface area contributed by atoms with Crippen LogP contribution in [-0.4, -0.2) is 23.1 Å². The van der Waals surface area contributed by atoms with Gasteiger partial charge in [0.15, 0.2) is 0 Å². The molecule has 0 aromatic carbocycles. The van der Waals surface area contributed by atoms with Crippen molar-refractivity contribution in [2.75, 3.05) is 0 Å². The van der Waals surface area contributed by atoms with E-state index in [1.165, 1.54) is 32.1 Å². The van der Waals surface area contributed by atoms with E-state index >= 15 is 0 Å². The number of aliphatic carboxylic acids is 1. The van der Waals surface area contributed by atoms with Gasteiger partial charge in [0, 0.05) is 6.42 Å². The van der Waals surface area contributed by atoms with Crippen molar-refractivity contribution in [3.63, 3.8) is 0 Å². The summed E-state index contributed by atoms with van der Waals surface area (Å²) in [5.41, 5.74) is 0. The molecule has 0 bridgehead atoms. The van der Waals surface area contributed by atoms with Gasteiger partial charge in [-0.05, 0) is 44.9 Å². The summed E-state index contributed by atoms with van der Waals surface area (Å²) in [7, 11) is 0. The molecule has 4 nitrogen and oxygen atoms in total. The largest absolute Gasteiger partial charge is 0.481 e. The summed E-state index contributed by atoms with van der Waals surface area (Å²) < 4.78 is 5.51. The predicted molar refractivity (Wildman–Crippen MR) is 126 cm³/mol. The lowest BCUT2D eigenvalue weighted by Gasteiger charge is -2.23. The first-order valence-corrected chi connectivity index (χ1v) is 12.9. The number of carbonyl (C=O) groups is 2. The maximum atomic E-state index is 11.9. The molecule has 0 rings (SSSR count).